The molecule has 3 rings (SSSR count). The third-order valence-electron chi connectivity index (χ3n) is 5.38. The molecule has 1 aliphatic rings. The lowest BCUT2D eigenvalue weighted by Crippen LogP contribution is -2.42. The van der Waals surface area contributed by atoms with Gasteiger partial charge in [0, 0.05) is 19.3 Å². The van der Waals surface area contributed by atoms with Crippen LogP contribution in [0.1, 0.15) is 28.8 Å². The van der Waals surface area contributed by atoms with Gasteiger partial charge in [0.2, 0.25) is 0 Å². The molecule has 1 aromatic heterocycles. The number of hydrogen-bond donors (Lipinski definition) is 1. The second-order valence-corrected chi connectivity index (χ2v) is 7.39. The average molecular weight is 384 g/mol. The van der Waals surface area contributed by atoms with Gasteiger partial charge in [0.1, 0.15) is 11.3 Å². The summed E-state index contributed by atoms with van der Waals surface area (Å²) >= 11 is 0. The van der Waals surface area contributed by atoms with Crippen molar-refractivity contribution in [2.24, 2.45) is 5.92 Å². The zero-order valence-electron chi connectivity index (χ0n) is 16.6. The molecule has 7 nitrogen and oxygen atoms in total. The molecule has 0 atom stereocenters. The van der Waals surface area contributed by atoms with Gasteiger partial charge in [0.25, 0.3) is 11.5 Å². The molecule has 150 valence electrons. The van der Waals surface area contributed by atoms with E-state index in [1.54, 1.807) is 7.11 Å². The summed E-state index contributed by atoms with van der Waals surface area (Å²) in [6.45, 7) is 3.31. The molecule has 0 spiro atoms. The molecule has 0 bridgehead atoms. The fourth-order valence-electron chi connectivity index (χ4n) is 3.56. The lowest BCUT2D eigenvalue weighted by molar-refractivity contribution is 0.0698. The van der Waals surface area contributed by atoms with Crippen molar-refractivity contribution < 1.29 is 9.53 Å². The van der Waals surface area contributed by atoms with Crippen molar-refractivity contribution in [2.45, 2.75) is 19.3 Å². The van der Waals surface area contributed by atoms with Crippen molar-refractivity contribution in [3.05, 3.63) is 58.3 Å². The molecule has 2 aromatic rings. The molecule has 7 heteroatoms. The second-order valence-electron chi connectivity index (χ2n) is 7.39. The SMILES string of the molecule is COc1ccc(CCN(CC2CCN(C)CC2)C(=O)c2cnc[nH]c2=O)cc1. The Bertz CT molecular complexity index is 826. The summed E-state index contributed by atoms with van der Waals surface area (Å²) in [5, 5.41) is 0. The Morgan fingerprint density at radius 1 is 1.29 bits per heavy atom. The Morgan fingerprint density at radius 2 is 2.00 bits per heavy atom. The molecule has 0 radical (unpaired) electrons. The van der Waals surface area contributed by atoms with E-state index in [4.69, 9.17) is 4.74 Å². The van der Waals surface area contributed by atoms with Crippen LogP contribution in [0.5, 0.6) is 5.75 Å². The van der Waals surface area contributed by atoms with E-state index in [1.165, 1.54) is 12.5 Å². The standard InChI is InChI=1S/C21H28N4O3/c1-24-10-7-17(8-11-24)14-25(21(27)19-13-22-15-23-20(19)26)12-9-16-3-5-18(28-2)6-4-16/h3-6,13,15,17H,7-12,14H2,1-2H3,(H,22,23,26). The highest BCUT2D eigenvalue weighted by Crippen LogP contribution is 2.19. The first-order valence-electron chi connectivity index (χ1n) is 9.70. The number of piperidine rings is 1. The first kappa shape index (κ1) is 20.1. The Morgan fingerprint density at radius 3 is 2.64 bits per heavy atom. The van der Waals surface area contributed by atoms with E-state index in [0.29, 0.717) is 19.0 Å². The minimum atomic E-state index is -0.391. The topological polar surface area (TPSA) is 78.5 Å². The fourth-order valence-corrected chi connectivity index (χ4v) is 3.56. The zero-order valence-corrected chi connectivity index (χ0v) is 16.6. The van der Waals surface area contributed by atoms with Crippen molar-refractivity contribution in [2.75, 3.05) is 40.3 Å². The minimum absolute atomic E-state index is 0.102. The number of likely N-dealkylation sites (tertiary alicyclic amines) is 1. The van der Waals surface area contributed by atoms with E-state index in [9.17, 15) is 9.59 Å². The van der Waals surface area contributed by atoms with E-state index >= 15 is 0 Å². The van der Waals surface area contributed by atoms with E-state index in [-0.39, 0.29) is 11.5 Å². The first-order chi connectivity index (χ1) is 13.6. The molecule has 28 heavy (non-hydrogen) atoms. The number of H-pyrrole nitrogens is 1. The van der Waals surface area contributed by atoms with Crippen LogP contribution in [0.15, 0.2) is 41.6 Å². The van der Waals surface area contributed by atoms with Gasteiger partial charge in [-0.25, -0.2) is 4.98 Å². The number of benzene rings is 1. The maximum Gasteiger partial charge on any atom is 0.263 e. The van der Waals surface area contributed by atoms with Crippen molar-refractivity contribution in [1.29, 1.82) is 0 Å². The molecule has 1 saturated heterocycles. The number of methoxy groups -OCH3 is 1. The number of carbonyl (C=O) groups is 1. The number of carbonyl (C=O) groups excluding carboxylic acids is 1. The molecular formula is C21H28N4O3. The highest BCUT2D eigenvalue weighted by molar-refractivity contribution is 5.93. The molecule has 1 aliphatic heterocycles. The Kier molecular flexibility index (Phi) is 6.81. The number of aromatic amines is 1. The molecule has 0 saturated carbocycles. The molecule has 0 unspecified atom stereocenters. The van der Waals surface area contributed by atoms with Crippen LogP contribution in [0.2, 0.25) is 0 Å². The summed E-state index contributed by atoms with van der Waals surface area (Å²) in [5.74, 6) is 1.01. The lowest BCUT2D eigenvalue weighted by Gasteiger charge is -2.33. The van der Waals surface area contributed by atoms with Crippen LogP contribution in [0, 0.1) is 5.92 Å². The van der Waals surface area contributed by atoms with Crippen LogP contribution in [0.25, 0.3) is 0 Å². The Balaban J connectivity index is 1.72. The van der Waals surface area contributed by atoms with Gasteiger partial charge in [-0.05, 0) is 63.0 Å². The highest BCUT2D eigenvalue weighted by Gasteiger charge is 2.24. The number of rotatable bonds is 7. The largest absolute Gasteiger partial charge is 0.497 e. The summed E-state index contributed by atoms with van der Waals surface area (Å²) in [7, 11) is 3.76. The summed E-state index contributed by atoms with van der Waals surface area (Å²) < 4.78 is 5.20. The number of nitrogens with zero attached hydrogens (tertiary/aromatic N) is 3. The number of hydrogen-bond acceptors (Lipinski definition) is 5. The number of aromatic nitrogens is 2. The predicted molar refractivity (Wildman–Crippen MR) is 108 cm³/mol. The van der Waals surface area contributed by atoms with Crippen LogP contribution in [-0.2, 0) is 6.42 Å². The number of amides is 1. The van der Waals surface area contributed by atoms with Crippen molar-refractivity contribution >= 4 is 5.91 Å². The molecule has 1 N–H and O–H groups in total. The quantitative estimate of drug-likeness (QED) is 0.788. The van der Waals surface area contributed by atoms with Crippen LogP contribution >= 0.6 is 0 Å². The van der Waals surface area contributed by atoms with Gasteiger partial charge in [-0.1, -0.05) is 12.1 Å². The van der Waals surface area contributed by atoms with Gasteiger partial charge in [-0.15, -0.1) is 0 Å². The minimum Gasteiger partial charge on any atom is -0.497 e. The van der Waals surface area contributed by atoms with E-state index in [0.717, 1.165) is 43.7 Å². The van der Waals surface area contributed by atoms with Crippen LogP contribution in [0.3, 0.4) is 0 Å². The Hall–Kier alpha value is -2.67. The molecule has 1 amide bonds. The van der Waals surface area contributed by atoms with E-state index in [1.807, 2.05) is 29.2 Å². The van der Waals surface area contributed by atoms with Gasteiger partial charge >= 0.3 is 0 Å². The maximum atomic E-state index is 13.1. The third-order valence-corrected chi connectivity index (χ3v) is 5.38. The normalized spacial score (nSPS) is 15.4. The summed E-state index contributed by atoms with van der Waals surface area (Å²) in [5.41, 5.74) is 0.838. The van der Waals surface area contributed by atoms with Crippen LogP contribution in [-0.4, -0.2) is 66.0 Å². The number of nitrogens with one attached hydrogen (secondary N) is 1. The highest BCUT2D eigenvalue weighted by atomic mass is 16.5. The monoisotopic (exact) mass is 384 g/mol. The molecule has 1 fully saturated rings. The second kappa shape index (κ2) is 9.50. The Labute approximate surface area is 165 Å². The zero-order chi connectivity index (χ0) is 19.9. The van der Waals surface area contributed by atoms with Gasteiger partial charge < -0.3 is 19.5 Å². The summed E-state index contributed by atoms with van der Waals surface area (Å²) in [6, 6.07) is 7.86. The third kappa shape index (κ3) is 5.19. The van der Waals surface area contributed by atoms with Gasteiger partial charge in [0.05, 0.1) is 13.4 Å². The predicted octanol–water partition coefficient (Wildman–Crippen LogP) is 1.81. The van der Waals surface area contributed by atoms with Gasteiger partial charge in [0.15, 0.2) is 0 Å². The van der Waals surface area contributed by atoms with E-state index < -0.39 is 5.56 Å². The van der Waals surface area contributed by atoms with Crippen LogP contribution < -0.4 is 10.3 Å². The van der Waals surface area contributed by atoms with Crippen LogP contribution in [0.4, 0.5) is 0 Å². The maximum absolute atomic E-state index is 13.1. The molecule has 0 aliphatic carbocycles. The average Bonchev–Trinajstić information content (AvgIpc) is 2.73. The van der Waals surface area contributed by atoms with Crippen molar-refractivity contribution in [3.63, 3.8) is 0 Å². The van der Waals surface area contributed by atoms with E-state index in [2.05, 4.69) is 21.9 Å². The molecule has 2 heterocycles. The lowest BCUT2D eigenvalue weighted by atomic mass is 9.96. The first-order valence-corrected chi connectivity index (χ1v) is 9.70. The summed E-state index contributed by atoms with van der Waals surface area (Å²) in [6.07, 6.45) is 5.51. The van der Waals surface area contributed by atoms with Crippen molar-refractivity contribution in [1.82, 2.24) is 19.8 Å². The van der Waals surface area contributed by atoms with Gasteiger partial charge in [-0.3, -0.25) is 9.59 Å². The van der Waals surface area contributed by atoms with Gasteiger partial charge in [-0.2, -0.15) is 0 Å². The molecule has 1 aromatic carbocycles. The molecular weight excluding hydrogens is 356 g/mol. The van der Waals surface area contributed by atoms with Crippen molar-refractivity contribution in [3.8, 4) is 5.75 Å². The number of ether oxygens (including phenoxy) is 1. The smallest absolute Gasteiger partial charge is 0.263 e. The fraction of sp³-hybridized carbons (Fsp3) is 0.476. The summed E-state index contributed by atoms with van der Waals surface area (Å²) in [4.78, 5) is 35.7.